The Balaban J connectivity index is 4.36. The highest BCUT2D eigenvalue weighted by atomic mass is 14.7. The minimum absolute atomic E-state index is 0.213. The van der Waals surface area contributed by atoms with Crippen molar-refractivity contribution in [1.29, 1.82) is 0 Å². The predicted molar refractivity (Wildman–Crippen MR) is 59.1 cm³/mol. The first kappa shape index (κ1) is 12.5. The molecule has 0 aliphatic heterocycles. The van der Waals surface area contributed by atoms with Crippen LogP contribution in [0.4, 0.5) is 0 Å². The van der Waals surface area contributed by atoms with Gasteiger partial charge in [-0.1, -0.05) is 34.3 Å². The molecule has 78 valence electrons. The molecule has 0 aromatic carbocycles. The van der Waals surface area contributed by atoms with Gasteiger partial charge in [0, 0.05) is 17.7 Å². The smallest absolute Gasteiger partial charge is 0.00941 e. The summed E-state index contributed by atoms with van der Waals surface area (Å²) in [6.07, 6.45) is 1.02. The second-order valence-electron chi connectivity index (χ2n) is 4.27. The largest absolute Gasteiger partial charge is 0.402 e. The van der Waals surface area contributed by atoms with Crippen LogP contribution in [0, 0.1) is 17.8 Å². The fraction of sp³-hybridized carbons (Fsp3) is 0.818. The molecular weight excluding hydrogens is 160 g/mol. The van der Waals surface area contributed by atoms with Gasteiger partial charge in [0.25, 0.3) is 0 Å². The van der Waals surface area contributed by atoms with E-state index in [4.69, 9.17) is 11.5 Å². The van der Waals surface area contributed by atoms with Crippen molar-refractivity contribution in [3.8, 4) is 0 Å². The highest BCUT2D eigenvalue weighted by Gasteiger charge is 2.24. The van der Waals surface area contributed by atoms with Crippen LogP contribution >= 0.6 is 0 Å². The van der Waals surface area contributed by atoms with E-state index in [1.807, 2.05) is 0 Å². The van der Waals surface area contributed by atoms with Crippen LogP contribution in [0.3, 0.4) is 0 Å². The third-order valence-corrected chi connectivity index (χ3v) is 2.93. The van der Waals surface area contributed by atoms with E-state index in [2.05, 4.69) is 34.3 Å². The first-order chi connectivity index (χ1) is 5.91. The molecule has 0 heterocycles. The topological polar surface area (TPSA) is 52.0 Å². The average molecular weight is 184 g/mol. The van der Waals surface area contributed by atoms with Gasteiger partial charge in [-0.3, -0.25) is 0 Å². The fourth-order valence-electron chi connectivity index (χ4n) is 1.85. The average Bonchev–Trinajstić information content (AvgIpc) is 2.03. The zero-order valence-electron chi connectivity index (χ0n) is 9.38. The molecule has 0 saturated heterocycles. The van der Waals surface area contributed by atoms with Crippen molar-refractivity contribution >= 4 is 0 Å². The molecule has 2 heteroatoms. The molecule has 0 saturated carbocycles. The van der Waals surface area contributed by atoms with Crippen molar-refractivity contribution < 1.29 is 0 Å². The third kappa shape index (κ3) is 3.39. The second kappa shape index (κ2) is 5.28. The zero-order valence-corrected chi connectivity index (χ0v) is 9.38. The van der Waals surface area contributed by atoms with Gasteiger partial charge in [-0.2, -0.15) is 0 Å². The maximum atomic E-state index is 6.08. The quantitative estimate of drug-likeness (QED) is 0.687. The van der Waals surface area contributed by atoms with E-state index in [-0.39, 0.29) is 6.04 Å². The molecule has 0 spiro atoms. The molecule has 2 nitrogen and oxygen atoms in total. The van der Waals surface area contributed by atoms with Crippen LogP contribution in [0.1, 0.15) is 34.1 Å². The highest BCUT2D eigenvalue weighted by Crippen LogP contribution is 2.25. The molecule has 0 aromatic heterocycles. The van der Waals surface area contributed by atoms with Crippen LogP contribution < -0.4 is 11.5 Å². The Bertz CT molecular complexity index is 163. The van der Waals surface area contributed by atoms with Gasteiger partial charge in [0.05, 0.1) is 0 Å². The second-order valence-corrected chi connectivity index (χ2v) is 4.27. The molecule has 0 aromatic rings. The fourth-order valence-corrected chi connectivity index (χ4v) is 1.85. The van der Waals surface area contributed by atoms with Gasteiger partial charge in [-0.05, 0) is 18.3 Å². The predicted octanol–water partition coefficient (Wildman–Crippen LogP) is 2.10. The number of allylic oxidation sites excluding steroid dienone is 1. The van der Waals surface area contributed by atoms with E-state index >= 15 is 0 Å². The number of nitrogens with two attached hydrogens (primary N) is 2. The zero-order chi connectivity index (χ0) is 10.6. The molecule has 0 fully saturated rings. The van der Waals surface area contributed by atoms with E-state index in [0.717, 1.165) is 12.1 Å². The lowest BCUT2D eigenvalue weighted by Gasteiger charge is -2.30. The van der Waals surface area contributed by atoms with Crippen molar-refractivity contribution in [2.75, 3.05) is 0 Å². The van der Waals surface area contributed by atoms with Crippen LogP contribution in [-0.4, -0.2) is 6.04 Å². The molecule has 0 rings (SSSR count). The summed E-state index contributed by atoms with van der Waals surface area (Å²) in [5, 5.41) is 0. The van der Waals surface area contributed by atoms with Gasteiger partial charge in [0.1, 0.15) is 0 Å². The summed E-state index contributed by atoms with van der Waals surface area (Å²) in [6.45, 7) is 12.4. The molecule has 0 bridgehead atoms. The molecule has 0 aliphatic carbocycles. The number of hydrogen-bond donors (Lipinski definition) is 2. The molecule has 0 radical (unpaired) electrons. The summed E-state index contributed by atoms with van der Waals surface area (Å²) in [7, 11) is 0. The number of hydrogen-bond acceptors (Lipinski definition) is 2. The van der Waals surface area contributed by atoms with Crippen molar-refractivity contribution in [2.24, 2.45) is 29.2 Å². The van der Waals surface area contributed by atoms with Gasteiger partial charge in [-0.15, -0.1) is 0 Å². The maximum Gasteiger partial charge on any atom is 0.00941 e. The van der Waals surface area contributed by atoms with Crippen molar-refractivity contribution in [1.82, 2.24) is 0 Å². The molecule has 0 aliphatic rings. The Morgan fingerprint density at radius 2 is 1.77 bits per heavy atom. The summed E-state index contributed by atoms with van der Waals surface area (Å²) in [4.78, 5) is 0. The molecule has 0 amide bonds. The third-order valence-electron chi connectivity index (χ3n) is 2.93. The van der Waals surface area contributed by atoms with E-state index in [1.54, 1.807) is 0 Å². The monoisotopic (exact) mass is 184 g/mol. The first-order valence-electron chi connectivity index (χ1n) is 5.11. The standard InChI is InChI=1S/C11H24N2/c1-6-10(9(5)12)8(4)11(13)7(2)3/h7-8,10-11H,5-6,12-13H2,1-4H3. The number of rotatable bonds is 5. The highest BCUT2D eigenvalue weighted by molar-refractivity contribution is 4.98. The van der Waals surface area contributed by atoms with Gasteiger partial charge in [0.2, 0.25) is 0 Å². The Morgan fingerprint density at radius 1 is 1.31 bits per heavy atom. The van der Waals surface area contributed by atoms with Crippen LogP contribution in [0.5, 0.6) is 0 Å². The minimum Gasteiger partial charge on any atom is -0.402 e. The lowest BCUT2D eigenvalue weighted by molar-refractivity contribution is 0.281. The van der Waals surface area contributed by atoms with Crippen LogP contribution in [0.25, 0.3) is 0 Å². The SMILES string of the molecule is C=C(N)C(CC)C(C)C(N)C(C)C. The lowest BCUT2D eigenvalue weighted by atomic mass is 9.80. The van der Waals surface area contributed by atoms with Crippen LogP contribution in [-0.2, 0) is 0 Å². The first-order valence-corrected chi connectivity index (χ1v) is 5.11. The molecule has 3 atom stereocenters. The van der Waals surface area contributed by atoms with Gasteiger partial charge >= 0.3 is 0 Å². The maximum absolute atomic E-state index is 6.08. The van der Waals surface area contributed by atoms with Crippen molar-refractivity contribution in [3.05, 3.63) is 12.3 Å². The Hall–Kier alpha value is -0.500. The Kier molecular flexibility index (Phi) is 5.07. The Labute approximate surface area is 82.4 Å². The van der Waals surface area contributed by atoms with Crippen molar-refractivity contribution in [3.63, 3.8) is 0 Å². The summed E-state index contributed by atoms with van der Waals surface area (Å²) >= 11 is 0. The van der Waals surface area contributed by atoms with E-state index in [1.165, 1.54) is 0 Å². The van der Waals surface area contributed by atoms with Gasteiger partial charge in [-0.25, -0.2) is 0 Å². The summed E-state index contributed by atoms with van der Waals surface area (Å²) in [6, 6.07) is 0.213. The van der Waals surface area contributed by atoms with Gasteiger partial charge in [0.15, 0.2) is 0 Å². The summed E-state index contributed by atoms with van der Waals surface area (Å²) < 4.78 is 0. The minimum atomic E-state index is 0.213. The van der Waals surface area contributed by atoms with Gasteiger partial charge < -0.3 is 11.5 Å². The van der Waals surface area contributed by atoms with E-state index in [0.29, 0.717) is 17.8 Å². The summed E-state index contributed by atoms with van der Waals surface area (Å²) in [5.74, 6) is 1.28. The van der Waals surface area contributed by atoms with Crippen LogP contribution in [0.2, 0.25) is 0 Å². The van der Waals surface area contributed by atoms with E-state index in [9.17, 15) is 0 Å². The summed E-state index contributed by atoms with van der Waals surface area (Å²) in [5.41, 5.74) is 12.6. The molecule has 13 heavy (non-hydrogen) atoms. The van der Waals surface area contributed by atoms with Crippen LogP contribution in [0.15, 0.2) is 12.3 Å². The molecule has 4 N–H and O–H groups in total. The van der Waals surface area contributed by atoms with Crippen molar-refractivity contribution in [2.45, 2.75) is 40.2 Å². The normalized spacial score (nSPS) is 18.3. The lowest BCUT2D eigenvalue weighted by Crippen LogP contribution is -2.38. The van der Waals surface area contributed by atoms with E-state index < -0.39 is 0 Å². The molecular formula is C11H24N2. The molecule has 3 unspecified atom stereocenters. The Morgan fingerprint density at radius 3 is 2.00 bits per heavy atom.